The van der Waals surface area contributed by atoms with Gasteiger partial charge in [-0.1, -0.05) is 24.3 Å². The molecular weight excluding hydrogens is 612 g/mol. The average Bonchev–Trinajstić information content (AvgIpc) is 3.72. The van der Waals surface area contributed by atoms with Crippen LogP contribution in [0.1, 0.15) is 56.2 Å². The molecule has 0 bridgehead atoms. The Morgan fingerprint density at radius 3 is 2.46 bits per heavy atom. The number of nitrogens with one attached hydrogen (secondary N) is 2. The van der Waals surface area contributed by atoms with Crippen LogP contribution in [0.15, 0.2) is 78.1 Å². The highest BCUT2D eigenvalue weighted by Crippen LogP contribution is 2.35. The fourth-order valence-corrected chi connectivity index (χ4v) is 5.99. The molecule has 4 aromatic rings. The van der Waals surface area contributed by atoms with E-state index < -0.39 is 5.97 Å². The number of fused-ring (bicyclic) bond motifs is 2. The van der Waals surface area contributed by atoms with Crippen LogP contribution >= 0.6 is 0 Å². The van der Waals surface area contributed by atoms with E-state index in [1.165, 1.54) is 0 Å². The topological polar surface area (TPSA) is 147 Å². The highest BCUT2D eigenvalue weighted by molar-refractivity contribution is 6.05. The van der Waals surface area contributed by atoms with E-state index in [0.29, 0.717) is 53.6 Å². The van der Waals surface area contributed by atoms with E-state index in [0.717, 1.165) is 28.7 Å². The summed E-state index contributed by atoms with van der Waals surface area (Å²) >= 11 is 0. The van der Waals surface area contributed by atoms with Crippen molar-refractivity contribution in [3.8, 4) is 16.9 Å². The van der Waals surface area contributed by atoms with Gasteiger partial charge in [0.2, 0.25) is 5.91 Å². The number of aryl methyl sites for hydroxylation is 3. The zero-order valence-electron chi connectivity index (χ0n) is 26.9. The van der Waals surface area contributed by atoms with E-state index in [9.17, 15) is 24.3 Å². The molecule has 3 amide bonds. The second kappa shape index (κ2) is 13.1. The number of aliphatic imine (C=N–C) groups is 1. The zero-order chi connectivity index (χ0) is 34.1. The van der Waals surface area contributed by atoms with E-state index >= 15 is 0 Å². The van der Waals surface area contributed by atoms with E-state index in [2.05, 4.69) is 22.2 Å². The molecule has 12 heteroatoms. The SMILES string of the molecule is C=C1C[C@H]2C=Nc3cc(OCCCC(=O)Nc4cc(C(=O)Nc5ccc(-c6cc(C(=O)O)n(C)c6)cc5)n(C)c4)c(C)cc3C(=O)N2C1. The summed E-state index contributed by atoms with van der Waals surface area (Å²) in [4.78, 5) is 56.5. The number of carboxylic acid groups (broad SMARTS) is 1. The smallest absolute Gasteiger partial charge is 0.352 e. The highest BCUT2D eigenvalue weighted by atomic mass is 16.5. The van der Waals surface area contributed by atoms with Gasteiger partial charge in [0.1, 0.15) is 17.1 Å². The summed E-state index contributed by atoms with van der Waals surface area (Å²) in [6, 6.07) is 13.8. The maximum absolute atomic E-state index is 13.1. The lowest BCUT2D eigenvalue weighted by Crippen LogP contribution is -2.35. The fraction of sp³-hybridized carbons (Fsp3) is 0.250. The lowest BCUT2D eigenvalue weighted by Gasteiger charge is -2.20. The van der Waals surface area contributed by atoms with Gasteiger partial charge >= 0.3 is 5.97 Å². The molecule has 0 unspecified atom stereocenters. The number of carboxylic acids is 1. The summed E-state index contributed by atoms with van der Waals surface area (Å²) < 4.78 is 9.16. The summed E-state index contributed by atoms with van der Waals surface area (Å²) in [6.45, 7) is 6.73. The number of carbonyl (C=O) groups is 4. The number of benzene rings is 2. The maximum atomic E-state index is 13.1. The number of ether oxygens (including phenoxy) is 1. The van der Waals surface area contributed by atoms with Crippen molar-refractivity contribution in [1.29, 1.82) is 0 Å². The molecule has 1 atom stereocenters. The summed E-state index contributed by atoms with van der Waals surface area (Å²) in [5.41, 5.74) is 6.13. The maximum Gasteiger partial charge on any atom is 0.352 e. The number of aromatic nitrogens is 2. The third kappa shape index (κ3) is 6.63. The van der Waals surface area contributed by atoms with Crippen LogP contribution in [-0.4, -0.2) is 68.2 Å². The van der Waals surface area contributed by atoms with Crippen molar-refractivity contribution in [1.82, 2.24) is 14.0 Å². The molecule has 48 heavy (non-hydrogen) atoms. The van der Waals surface area contributed by atoms with Gasteiger partial charge in [-0.3, -0.25) is 19.4 Å². The minimum atomic E-state index is -1.00. The van der Waals surface area contributed by atoms with Crippen LogP contribution in [0.2, 0.25) is 0 Å². The number of hydrogen-bond acceptors (Lipinski definition) is 6. The third-order valence-corrected chi connectivity index (χ3v) is 8.49. The van der Waals surface area contributed by atoms with Crippen molar-refractivity contribution < 1.29 is 29.0 Å². The number of anilines is 2. The lowest BCUT2D eigenvalue weighted by molar-refractivity contribution is -0.116. The van der Waals surface area contributed by atoms with Gasteiger partial charge in [-0.25, -0.2) is 4.79 Å². The molecule has 2 aromatic carbocycles. The number of nitrogens with zero attached hydrogens (tertiary/aromatic N) is 4. The van der Waals surface area contributed by atoms with Gasteiger partial charge in [0.25, 0.3) is 11.8 Å². The zero-order valence-corrected chi connectivity index (χ0v) is 26.9. The van der Waals surface area contributed by atoms with Gasteiger partial charge in [0.05, 0.1) is 29.6 Å². The first-order valence-electron chi connectivity index (χ1n) is 15.5. The van der Waals surface area contributed by atoms with Crippen molar-refractivity contribution in [3.05, 3.63) is 95.6 Å². The summed E-state index contributed by atoms with van der Waals surface area (Å²) in [7, 11) is 3.39. The summed E-state index contributed by atoms with van der Waals surface area (Å²) in [5, 5.41) is 15.0. The van der Waals surface area contributed by atoms with Gasteiger partial charge in [0, 0.05) is 63.0 Å². The number of amides is 3. The van der Waals surface area contributed by atoms with Crippen LogP contribution in [-0.2, 0) is 18.9 Å². The molecule has 246 valence electrons. The molecule has 2 aliphatic heterocycles. The predicted octanol–water partition coefficient (Wildman–Crippen LogP) is 5.57. The standard InChI is InChI=1S/C36H36N6O6/c1-21-12-27-17-37-29-16-32(22(2)13-28(29)35(45)42(27)18-21)48-11-5-6-33(43)38-26-15-30(41(4)20-26)34(44)39-25-9-7-23(8-10-25)24-14-31(36(46)47)40(3)19-24/h7-10,13-17,19-20,27H,1,5-6,11-12,18H2,2-4H3,(H,38,43)(H,39,44)(H,46,47)/t27-/m0/s1. The minimum Gasteiger partial charge on any atom is -0.493 e. The second-order valence-corrected chi connectivity index (χ2v) is 12.2. The third-order valence-electron chi connectivity index (χ3n) is 8.49. The first-order valence-corrected chi connectivity index (χ1v) is 15.5. The van der Waals surface area contributed by atoms with Crippen LogP contribution in [0.3, 0.4) is 0 Å². The van der Waals surface area contributed by atoms with Gasteiger partial charge in [-0.15, -0.1) is 0 Å². The Bertz CT molecular complexity index is 1990. The largest absolute Gasteiger partial charge is 0.493 e. The van der Waals surface area contributed by atoms with Crippen molar-refractivity contribution in [2.75, 3.05) is 23.8 Å². The van der Waals surface area contributed by atoms with Crippen LogP contribution < -0.4 is 15.4 Å². The van der Waals surface area contributed by atoms with Gasteiger partial charge in [-0.05, 0) is 61.2 Å². The second-order valence-electron chi connectivity index (χ2n) is 12.2. The summed E-state index contributed by atoms with van der Waals surface area (Å²) in [6.07, 6.45) is 6.59. The molecule has 0 aliphatic carbocycles. The number of hydrogen-bond donors (Lipinski definition) is 3. The van der Waals surface area contributed by atoms with E-state index in [1.807, 2.05) is 13.0 Å². The highest BCUT2D eigenvalue weighted by Gasteiger charge is 2.33. The quantitative estimate of drug-likeness (QED) is 0.151. The van der Waals surface area contributed by atoms with E-state index in [4.69, 9.17) is 4.74 Å². The molecule has 2 aliphatic rings. The monoisotopic (exact) mass is 648 g/mol. The molecular formula is C36H36N6O6. The Labute approximate surface area is 277 Å². The molecule has 1 fully saturated rings. The molecule has 2 aromatic heterocycles. The molecule has 0 radical (unpaired) electrons. The number of aromatic carboxylic acids is 1. The Kier molecular flexibility index (Phi) is 8.72. The normalized spacial score (nSPS) is 15.1. The first-order chi connectivity index (χ1) is 23.0. The van der Waals surface area contributed by atoms with Crippen LogP contribution in [0.5, 0.6) is 5.75 Å². The first kappa shape index (κ1) is 32.0. The van der Waals surface area contributed by atoms with Crippen molar-refractivity contribution in [2.24, 2.45) is 19.1 Å². The molecule has 1 saturated heterocycles. The van der Waals surface area contributed by atoms with Crippen LogP contribution in [0.25, 0.3) is 11.1 Å². The molecule has 0 spiro atoms. The Morgan fingerprint density at radius 1 is 0.979 bits per heavy atom. The predicted molar refractivity (Wildman–Crippen MR) is 182 cm³/mol. The molecule has 12 nitrogen and oxygen atoms in total. The van der Waals surface area contributed by atoms with Gasteiger partial charge in [0.15, 0.2) is 0 Å². The molecule has 6 rings (SSSR count). The number of carbonyl (C=O) groups excluding carboxylic acids is 3. The van der Waals surface area contributed by atoms with E-state index in [1.54, 1.807) is 89.2 Å². The van der Waals surface area contributed by atoms with Crippen molar-refractivity contribution in [3.63, 3.8) is 0 Å². The number of rotatable bonds is 10. The minimum absolute atomic E-state index is 0.0597. The fourth-order valence-electron chi connectivity index (χ4n) is 5.99. The van der Waals surface area contributed by atoms with Gasteiger partial charge < -0.3 is 34.5 Å². The Hall–Kier alpha value is -5.91. The van der Waals surface area contributed by atoms with Crippen molar-refractivity contribution >= 4 is 47.0 Å². The van der Waals surface area contributed by atoms with Crippen LogP contribution in [0.4, 0.5) is 17.1 Å². The molecule has 0 saturated carbocycles. The van der Waals surface area contributed by atoms with E-state index in [-0.39, 0.29) is 35.9 Å². The molecule has 4 heterocycles. The van der Waals surface area contributed by atoms with Crippen LogP contribution in [0, 0.1) is 6.92 Å². The average molecular weight is 649 g/mol. The Morgan fingerprint density at radius 2 is 1.73 bits per heavy atom. The molecule has 3 N–H and O–H groups in total. The van der Waals surface area contributed by atoms with Gasteiger partial charge in [-0.2, -0.15) is 0 Å². The van der Waals surface area contributed by atoms with Crippen molar-refractivity contribution in [2.45, 2.75) is 32.2 Å². The lowest BCUT2D eigenvalue weighted by atomic mass is 10.1. The summed E-state index contributed by atoms with van der Waals surface area (Å²) in [5.74, 6) is -1.01. The Balaban J connectivity index is 0.994.